The molecule has 1 unspecified atom stereocenters. The molecule has 0 saturated carbocycles. The zero-order valence-corrected chi connectivity index (χ0v) is 23.0. The molecular formula is C25H28Cl2N6O2S. The Morgan fingerprint density at radius 3 is 2.61 bits per heavy atom. The number of aromatic nitrogens is 4. The Hall–Kier alpha value is -2.20. The molecule has 0 bridgehead atoms. The van der Waals surface area contributed by atoms with Crippen LogP contribution in [0.5, 0.6) is 0 Å². The topological polar surface area (TPSA) is 85.1 Å². The van der Waals surface area contributed by atoms with Crippen LogP contribution in [0.25, 0.3) is 5.69 Å². The van der Waals surface area contributed by atoms with E-state index in [0.29, 0.717) is 32.9 Å². The van der Waals surface area contributed by atoms with Crippen molar-refractivity contribution in [2.75, 3.05) is 18.0 Å². The van der Waals surface area contributed by atoms with E-state index in [1.165, 1.54) is 10.3 Å². The molecule has 0 radical (unpaired) electrons. The number of halogens is 2. The zero-order valence-electron chi connectivity index (χ0n) is 20.6. The van der Waals surface area contributed by atoms with E-state index in [1.807, 2.05) is 33.9 Å². The van der Waals surface area contributed by atoms with Crippen molar-refractivity contribution in [3.05, 3.63) is 67.4 Å². The lowest BCUT2D eigenvalue weighted by Gasteiger charge is -2.45. The van der Waals surface area contributed by atoms with Crippen molar-refractivity contribution < 1.29 is 4.21 Å². The molecule has 8 nitrogen and oxygen atoms in total. The second kappa shape index (κ2) is 8.15. The van der Waals surface area contributed by atoms with Crippen molar-refractivity contribution in [1.82, 2.24) is 24.1 Å². The van der Waals surface area contributed by atoms with Crippen LogP contribution in [0.4, 0.5) is 5.82 Å². The largest absolute Gasteiger partial charge is 0.356 e. The number of nitrogens with zero attached hydrogens (tertiary/aromatic N) is 5. The van der Waals surface area contributed by atoms with Crippen molar-refractivity contribution in [2.24, 2.45) is 5.41 Å². The molecule has 3 aliphatic rings. The van der Waals surface area contributed by atoms with E-state index >= 15 is 0 Å². The molecule has 1 N–H and O–H groups in total. The second-order valence-corrected chi connectivity index (χ2v) is 13.2. The maximum atomic E-state index is 13.5. The highest BCUT2D eigenvalue weighted by Gasteiger charge is 2.55. The molecule has 36 heavy (non-hydrogen) atoms. The summed E-state index contributed by atoms with van der Waals surface area (Å²) in [6, 6.07) is 5.25. The predicted octanol–water partition coefficient (Wildman–Crippen LogP) is 4.20. The third-order valence-corrected chi connectivity index (χ3v) is 10.7. The van der Waals surface area contributed by atoms with Gasteiger partial charge in [-0.1, -0.05) is 29.3 Å². The number of nitrogens with one attached hydrogen (secondary N) is 1. The summed E-state index contributed by atoms with van der Waals surface area (Å²) < 4.78 is 19.7. The third-order valence-electron chi connectivity index (χ3n) is 8.25. The van der Waals surface area contributed by atoms with E-state index in [2.05, 4.69) is 19.4 Å². The smallest absolute Gasteiger partial charge is 0.263 e. The fourth-order valence-corrected chi connectivity index (χ4v) is 7.68. The van der Waals surface area contributed by atoms with Crippen LogP contribution >= 0.6 is 23.2 Å². The highest BCUT2D eigenvalue weighted by atomic mass is 35.5. The van der Waals surface area contributed by atoms with Gasteiger partial charge in [-0.15, -0.1) is 0 Å². The van der Waals surface area contributed by atoms with Gasteiger partial charge in [0.05, 0.1) is 44.0 Å². The minimum atomic E-state index is -1.19. The second-order valence-electron chi connectivity index (χ2n) is 10.6. The number of hydrogen-bond donors (Lipinski definition) is 1. The van der Waals surface area contributed by atoms with Crippen molar-refractivity contribution >= 4 is 40.0 Å². The molecule has 1 saturated heterocycles. The summed E-state index contributed by atoms with van der Waals surface area (Å²) in [6.45, 7) is 9.95. The van der Waals surface area contributed by atoms with Gasteiger partial charge in [0.1, 0.15) is 22.6 Å². The van der Waals surface area contributed by atoms with Gasteiger partial charge in [-0.05, 0) is 52.7 Å². The van der Waals surface area contributed by atoms with Gasteiger partial charge >= 0.3 is 0 Å². The first kappa shape index (κ1) is 24.2. The van der Waals surface area contributed by atoms with Crippen molar-refractivity contribution in [3.63, 3.8) is 0 Å². The number of piperidine rings is 1. The molecular weight excluding hydrogens is 519 g/mol. The lowest BCUT2D eigenvalue weighted by Crippen LogP contribution is -2.50. The molecule has 190 valence electrons. The Morgan fingerprint density at radius 1 is 1.17 bits per heavy atom. The van der Waals surface area contributed by atoms with Gasteiger partial charge in [0, 0.05) is 30.6 Å². The molecule has 2 aromatic heterocycles. The summed E-state index contributed by atoms with van der Waals surface area (Å²) in [6.07, 6.45) is 3.66. The molecule has 0 amide bonds. The normalized spacial score (nSPS) is 23.8. The number of fused-ring (bicyclic) bond motifs is 1. The Kier molecular flexibility index (Phi) is 5.47. The van der Waals surface area contributed by atoms with Crippen LogP contribution in [0.2, 0.25) is 10.0 Å². The summed E-state index contributed by atoms with van der Waals surface area (Å²) in [5, 5.41) is 5.38. The van der Waals surface area contributed by atoms with Gasteiger partial charge in [0.25, 0.3) is 5.56 Å². The average Bonchev–Trinajstić information content (AvgIpc) is 3.38. The van der Waals surface area contributed by atoms with Gasteiger partial charge < -0.3 is 4.90 Å². The Morgan fingerprint density at radius 2 is 1.89 bits per heavy atom. The summed E-state index contributed by atoms with van der Waals surface area (Å²) in [4.78, 5) is 20.5. The zero-order chi connectivity index (χ0) is 25.6. The Labute approximate surface area is 222 Å². The van der Waals surface area contributed by atoms with E-state index in [1.54, 1.807) is 18.2 Å². The Balaban J connectivity index is 1.30. The van der Waals surface area contributed by atoms with Crippen LogP contribution in [0.1, 0.15) is 55.4 Å². The van der Waals surface area contributed by atoms with Gasteiger partial charge in [0.2, 0.25) is 0 Å². The molecule has 6 rings (SSSR count). The van der Waals surface area contributed by atoms with E-state index < -0.39 is 15.7 Å². The van der Waals surface area contributed by atoms with E-state index in [4.69, 9.17) is 28.2 Å². The fourth-order valence-electron chi connectivity index (χ4n) is 6.07. The number of hydrogen-bond acceptors (Lipinski definition) is 5. The minimum Gasteiger partial charge on any atom is -0.356 e. The van der Waals surface area contributed by atoms with Crippen LogP contribution in [0, 0.1) is 19.3 Å². The SMILES string of the molecule is Cc1c(N2CCC3(CC2)Cn2ncc4c2[C@H]3NS(=O)C4(C)C)nc(C)n(-c2cccc(Cl)c2Cl)c1=O. The first-order valence-electron chi connectivity index (χ1n) is 12.1. The first-order chi connectivity index (χ1) is 17.0. The van der Waals surface area contributed by atoms with Gasteiger partial charge in [-0.25, -0.2) is 13.9 Å². The maximum Gasteiger partial charge on any atom is 0.263 e. The van der Waals surface area contributed by atoms with Crippen LogP contribution in [-0.4, -0.2) is 36.6 Å². The number of benzene rings is 1. The average molecular weight is 548 g/mol. The summed E-state index contributed by atoms with van der Waals surface area (Å²) in [5.74, 6) is 1.27. The minimum absolute atomic E-state index is 0.0137. The number of rotatable bonds is 2. The molecule has 3 aromatic rings. The molecule has 2 atom stereocenters. The van der Waals surface area contributed by atoms with Crippen molar-refractivity contribution in [3.8, 4) is 5.69 Å². The Bertz CT molecular complexity index is 1490. The lowest BCUT2D eigenvalue weighted by atomic mass is 9.72. The third kappa shape index (κ3) is 3.29. The monoisotopic (exact) mass is 546 g/mol. The lowest BCUT2D eigenvalue weighted by molar-refractivity contribution is 0.159. The van der Waals surface area contributed by atoms with Gasteiger partial charge in [-0.3, -0.25) is 14.0 Å². The number of aryl methyl sites for hydroxylation is 1. The van der Waals surface area contributed by atoms with Crippen LogP contribution in [0.15, 0.2) is 29.2 Å². The molecule has 5 heterocycles. The predicted molar refractivity (Wildman–Crippen MR) is 142 cm³/mol. The van der Waals surface area contributed by atoms with Gasteiger partial charge in [-0.2, -0.15) is 5.10 Å². The quantitative estimate of drug-likeness (QED) is 0.520. The van der Waals surface area contributed by atoms with Crippen LogP contribution in [-0.2, 0) is 22.3 Å². The first-order valence-corrected chi connectivity index (χ1v) is 14.0. The standard InChI is InChI=1S/C25H28Cl2N6O2S/c1-14-22(29-15(2)33(23(14)34)18-7-5-6-17(26)19(18)27)31-10-8-25(9-11-31)13-32-20-16(12-28-32)24(3,4)36(35)30-21(20)25/h5-7,12,21,30H,8-11,13H2,1-4H3/t21-,36?/m1/s1. The van der Waals surface area contributed by atoms with Crippen LogP contribution in [0.3, 0.4) is 0 Å². The highest BCUT2D eigenvalue weighted by Crippen LogP contribution is 2.54. The molecule has 3 aliphatic heterocycles. The summed E-state index contributed by atoms with van der Waals surface area (Å²) in [7, 11) is -1.19. The van der Waals surface area contributed by atoms with Crippen molar-refractivity contribution in [1.29, 1.82) is 0 Å². The fraction of sp³-hybridized carbons (Fsp3) is 0.480. The maximum absolute atomic E-state index is 13.5. The molecule has 0 aliphatic carbocycles. The van der Waals surface area contributed by atoms with Crippen molar-refractivity contribution in [2.45, 2.75) is 57.9 Å². The van der Waals surface area contributed by atoms with E-state index in [-0.39, 0.29) is 17.0 Å². The van der Waals surface area contributed by atoms with E-state index in [9.17, 15) is 9.00 Å². The van der Waals surface area contributed by atoms with Crippen LogP contribution < -0.4 is 15.2 Å². The highest BCUT2D eigenvalue weighted by molar-refractivity contribution is 7.84. The molecule has 1 fully saturated rings. The summed E-state index contributed by atoms with van der Waals surface area (Å²) in [5.41, 5.74) is 3.15. The molecule has 1 spiro atoms. The summed E-state index contributed by atoms with van der Waals surface area (Å²) >= 11 is 12.6. The van der Waals surface area contributed by atoms with E-state index in [0.717, 1.165) is 38.0 Å². The molecule has 11 heteroatoms. The number of anilines is 1. The van der Waals surface area contributed by atoms with Gasteiger partial charge in [0.15, 0.2) is 0 Å². The molecule has 1 aromatic carbocycles.